The zero-order valence-electron chi connectivity index (χ0n) is 7.41. The van der Waals surface area contributed by atoms with Crippen molar-refractivity contribution in [3.63, 3.8) is 0 Å². The number of benzene rings is 1. The second-order valence-electron chi connectivity index (χ2n) is 3.29. The molecule has 2 heteroatoms. The fourth-order valence-electron chi connectivity index (χ4n) is 1.67. The van der Waals surface area contributed by atoms with Gasteiger partial charge >= 0.3 is 0 Å². The largest absolute Gasteiger partial charge is 0.285 e. The van der Waals surface area contributed by atoms with Crippen molar-refractivity contribution in [3.05, 3.63) is 35.9 Å². The molecule has 0 aromatic heterocycles. The molecule has 1 atom stereocenters. The Hall–Kier alpha value is -0.630. The third-order valence-electron chi connectivity index (χ3n) is 2.38. The lowest BCUT2D eigenvalue weighted by molar-refractivity contribution is 0.723. The summed E-state index contributed by atoms with van der Waals surface area (Å²) in [5, 5.41) is 0.927. The fourth-order valence-corrected chi connectivity index (χ4v) is 2.10. The highest BCUT2D eigenvalue weighted by atomic mass is 79.9. The first-order valence-electron chi connectivity index (χ1n) is 4.56. The number of alkyl halides is 1. The van der Waals surface area contributed by atoms with Crippen LogP contribution < -0.4 is 0 Å². The summed E-state index contributed by atoms with van der Waals surface area (Å²) in [7, 11) is 0. The van der Waals surface area contributed by atoms with E-state index in [0.717, 1.165) is 11.8 Å². The van der Waals surface area contributed by atoms with Crippen LogP contribution in [0.4, 0.5) is 0 Å². The summed E-state index contributed by atoms with van der Waals surface area (Å²) >= 11 is 3.45. The number of aliphatic imine (C=N–C) groups is 1. The molecule has 68 valence electrons. The van der Waals surface area contributed by atoms with Crippen molar-refractivity contribution in [2.45, 2.75) is 18.9 Å². The highest BCUT2D eigenvalue weighted by Gasteiger charge is 2.17. The summed E-state index contributed by atoms with van der Waals surface area (Å²) in [5.74, 6) is 0. The van der Waals surface area contributed by atoms with Crippen LogP contribution in [0.1, 0.15) is 24.4 Å². The molecule has 2 rings (SSSR count). The second-order valence-corrected chi connectivity index (χ2v) is 3.85. The predicted molar refractivity (Wildman–Crippen MR) is 59.6 cm³/mol. The molecule has 0 saturated heterocycles. The van der Waals surface area contributed by atoms with Crippen molar-refractivity contribution in [2.24, 2.45) is 4.99 Å². The molecule has 13 heavy (non-hydrogen) atoms. The van der Waals surface area contributed by atoms with E-state index < -0.39 is 0 Å². The van der Waals surface area contributed by atoms with Crippen LogP contribution in [0.25, 0.3) is 0 Å². The van der Waals surface area contributed by atoms with Crippen molar-refractivity contribution in [3.8, 4) is 0 Å². The number of nitrogens with zero attached hydrogens (tertiary/aromatic N) is 1. The molecule has 0 spiro atoms. The highest BCUT2D eigenvalue weighted by Crippen LogP contribution is 2.28. The van der Waals surface area contributed by atoms with Gasteiger partial charge in [-0.2, -0.15) is 0 Å². The van der Waals surface area contributed by atoms with Crippen molar-refractivity contribution in [2.75, 3.05) is 5.33 Å². The van der Waals surface area contributed by atoms with Crippen LogP contribution in [-0.4, -0.2) is 11.0 Å². The van der Waals surface area contributed by atoms with Crippen LogP contribution in [0, 0.1) is 0 Å². The zero-order chi connectivity index (χ0) is 9.10. The van der Waals surface area contributed by atoms with Crippen molar-refractivity contribution in [1.82, 2.24) is 0 Å². The molecule has 1 aliphatic heterocycles. The van der Waals surface area contributed by atoms with Crippen LogP contribution >= 0.6 is 15.9 Å². The lowest BCUT2D eigenvalue weighted by Crippen LogP contribution is -1.91. The van der Waals surface area contributed by atoms with Crippen molar-refractivity contribution >= 4 is 21.6 Å². The number of rotatable bonds is 2. The first-order chi connectivity index (χ1) is 6.40. The fraction of sp³-hybridized carbons (Fsp3) is 0.364. The molecule has 1 unspecified atom stereocenters. The third kappa shape index (κ3) is 1.99. The summed E-state index contributed by atoms with van der Waals surface area (Å²) in [5.41, 5.74) is 2.65. The lowest BCUT2D eigenvalue weighted by Gasteiger charge is -2.05. The van der Waals surface area contributed by atoms with Gasteiger partial charge in [0, 0.05) is 11.0 Å². The van der Waals surface area contributed by atoms with Gasteiger partial charge in [0.25, 0.3) is 0 Å². The van der Waals surface area contributed by atoms with Crippen LogP contribution in [0.5, 0.6) is 0 Å². The molecule has 1 aromatic rings. The summed E-state index contributed by atoms with van der Waals surface area (Å²) in [6.45, 7) is 0. The molecule has 0 amide bonds. The van der Waals surface area contributed by atoms with E-state index >= 15 is 0 Å². The smallest absolute Gasteiger partial charge is 0.0752 e. The number of hydrogen-bond acceptors (Lipinski definition) is 1. The molecular formula is C11H12BrN. The van der Waals surface area contributed by atoms with Crippen LogP contribution in [0.15, 0.2) is 35.3 Å². The van der Waals surface area contributed by atoms with Gasteiger partial charge in [-0.05, 0) is 18.4 Å². The average molecular weight is 238 g/mol. The Bertz CT molecular complexity index is 305. The van der Waals surface area contributed by atoms with Crippen LogP contribution in [-0.2, 0) is 0 Å². The Kier molecular flexibility index (Phi) is 2.79. The van der Waals surface area contributed by atoms with Gasteiger partial charge < -0.3 is 0 Å². The van der Waals surface area contributed by atoms with E-state index in [4.69, 9.17) is 0 Å². The van der Waals surface area contributed by atoms with Gasteiger partial charge in [0.2, 0.25) is 0 Å². The maximum absolute atomic E-state index is 4.65. The Morgan fingerprint density at radius 1 is 1.31 bits per heavy atom. The minimum Gasteiger partial charge on any atom is -0.285 e. The van der Waals surface area contributed by atoms with E-state index in [0.29, 0.717) is 6.04 Å². The molecular weight excluding hydrogens is 226 g/mol. The summed E-state index contributed by atoms with van der Waals surface area (Å²) in [6.07, 6.45) is 2.32. The molecule has 0 saturated carbocycles. The average Bonchev–Trinajstić information content (AvgIpc) is 2.67. The van der Waals surface area contributed by atoms with E-state index in [1.165, 1.54) is 17.7 Å². The first kappa shape index (κ1) is 8.95. The quantitative estimate of drug-likeness (QED) is 0.700. The minimum atomic E-state index is 0.411. The standard InChI is InChI=1S/C11H12BrN/c12-8-10-6-7-11(13-10)9-4-2-1-3-5-9/h1-5,11H,6-8H2. The van der Waals surface area contributed by atoms with E-state index in [2.05, 4.69) is 45.2 Å². The van der Waals surface area contributed by atoms with Crippen LogP contribution in [0.2, 0.25) is 0 Å². The molecule has 0 radical (unpaired) electrons. The van der Waals surface area contributed by atoms with Gasteiger partial charge in [0.1, 0.15) is 0 Å². The van der Waals surface area contributed by atoms with E-state index in [-0.39, 0.29) is 0 Å². The maximum Gasteiger partial charge on any atom is 0.0752 e. The normalized spacial score (nSPS) is 21.6. The molecule has 1 heterocycles. The van der Waals surface area contributed by atoms with Gasteiger partial charge in [0.05, 0.1) is 6.04 Å². The Balaban J connectivity index is 2.16. The second kappa shape index (κ2) is 4.05. The summed E-state index contributed by atoms with van der Waals surface area (Å²) < 4.78 is 0. The van der Waals surface area contributed by atoms with Crippen LogP contribution in [0.3, 0.4) is 0 Å². The zero-order valence-corrected chi connectivity index (χ0v) is 9.00. The highest BCUT2D eigenvalue weighted by molar-refractivity contribution is 9.09. The van der Waals surface area contributed by atoms with Gasteiger partial charge in [-0.3, -0.25) is 4.99 Å². The van der Waals surface area contributed by atoms with E-state index in [1.807, 2.05) is 6.07 Å². The van der Waals surface area contributed by atoms with Gasteiger partial charge in [-0.1, -0.05) is 46.3 Å². The maximum atomic E-state index is 4.65. The topological polar surface area (TPSA) is 12.4 Å². The predicted octanol–water partition coefficient (Wildman–Crippen LogP) is 3.36. The Morgan fingerprint density at radius 2 is 2.08 bits per heavy atom. The van der Waals surface area contributed by atoms with Gasteiger partial charge in [0.15, 0.2) is 0 Å². The van der Waals surface area contributed by atoms with Gasteiger partial charge in [-0.25, -0.2) is 0 Å². The molecule has 0 N–H and O–H groups in total. The molecule has 1 aliphatic rings. The monoisotopic (exact) mass is 237 g/mol. The Labute approximate surface area is 87.0 Å². The molecule has 0 fully saturated rings. The Morgan fingerprint density at radius 3 is 2.69 bits per heavy atom. The van der Waals surface area contributed by atoms with Crippen molar-refractivity contribution < 1.29 is 0 Å². The summed E-state index contributed by atoms with van der Waals surface area (Å²) in [6, 6.07) is 10.9. The minimum absolute atomic E-state index is 0.411. The first-order valence-corrected chi connectivity index (χ1v) is 5.69. The summed E-state index contributed by atoms with van der Waals surface area (Å²) in [4.78, 5) is 4.65. The van der Waals surface area contributed by atoms with Gasteiger partial charge in [-0.15, -0.1) is 0 Å². The molecule has 0 aliphatic carbocycles. The number of hydrogen-bond donors (Lipinski definition) is 0. The SMILES string of the molecule is BrCC1=NC(c2ccccc2)CC1. The van der Waals surface area contributed by atoms with Crippen molar-refractivity contribution in [1.29, 1.82) is 0 Å². The molecule has 0 bridgehead atoms. The number of halogens is 1. The lowest BCUT2D eigenvalue weighted by atomic mass is 10.1. The van der Waals surface area contributed by atoms with E-state index in [1.54, 1.807) is 0 Å². The van der Waals surface area contributed by atoms with E-state index in [9.17, 15) is 0 Å². The third-order valence-corrected chi connectivity index (χ3v) is 3.03. The molecule has 1 nitrogen and oxygen atoms in total. The molecule has 1 aromatic carbocycles.